The van der Waals surface area contributed by atoms with E-state index in [9.17, 15) is 39.9 Å². The average Bonchev–Trinajstić information content (AvgIpc) is 3.95. The number of aliphatic hydroxyl groups is 5. The van der Waals surface area contributed by atoms with Crippen LogP contribution in [0.25, 0.3) is 0 Å². The standard InChI is InChI=1S/C25H47NO8.C18H30O4/c1-2-3-4-5-6-7-8-9-10-11-12-13-14-15-20(29)19(26-18-28)17-33-25-24(32)23(31)22(30)21(16-27)34-25;1-2-3-7-10-15(19)13-14-17-16(22-17)11-8-5-4-6-9-12-18(20)21/h14-15,18-25,27,29-32H,2-13,16-17H2,1H3,(H,26,28);13-14,16-17H,2-12H2,1H3,(H,20,21)/b15-14+;14-13+/t19-,20+,21+,22+,23-,24+,25+;16-,17-/m01/s1. The Morgan fingerprint density at radius 2 is 1.30 bits per heavy atom. The normalized spacial score (nSPS) is 24.4. The quantitative estimate of drug-likeness (QED) is 0.0135. The van der Waals surface area contributed by atoms with Gasteiger partial charge in [0.2, 0.25) is 6.41 Å². The minimum Gasteiger partial charge on any atom is -0.481 e. The number of unbranched alkanes of at least 4 members (excludes halogenated alkanes) is 17. The number of nitrogens with one attached hydrogen (secondary N) is 1. The van der Waals surface area contributed by atoms with Gasteiger partial charge in [-0.05, 0) is 44.3 Å². The van der Waals surface area contributed by atoms with Crippen molar-refractivity contribution < 1.29 is 59.2 Å². The number of rotatable bonds is 34. The molecule has 0 aliphatic carbocycles. The molecule has 2 saturated heterocycles. The van der Waals surface area contributed by atoms with Gasteiger partial charge in [0.15, 0.2) is 12.1 Å². The van der Waals surface area contributed by atoms with E-state index >= 15 is 0 Å². The number of carbonyl (C=O) groups excluding carboxylic acids is 2. The third-order valence-corrected chi connectivity index (χ3v) is 10.3. The predicted molar refractivity (Wildman–Crippen MR) is 216 cm³/mol. The first kappa shape index (κ1) is 51.8. The van der Waals surface area contributed by atoms with Gasteiger partial charge in [-0.2, -0.15) is 0 Å². The van der Waals surface area contributed by atoms with Crippen LogP contribution in [0, 0.1) is 0 Å². The Labute approximate surface area is 336 Å². The highest BCUT2D eigenvalue weighted by Gasteiger charge is 2.44. The molecule has 13 heteroatoms. The van der Waals surface area contributed by atoms with Crippen LogP contribution >= 0.6 is 0 Å². The highest BCUT2D eigenvalue weighted by molar-refractivity contribution is 5.89. The van der Waals surface area contributed by atoms with Gasteiger partial charge in [-0.3, -0.25) is 14.4 Å². The Morgan fingerprint density at radius 1 is 0.732 bits per heavy atom. The number of allylic oxidation sites excluding steroid dienone is 2. The average molecular weight is 800 g/mol. The molecule has 2 aliphatic heterocycles. The second kappa shape index (κ2) is 33.7. The molecular weight excluding hydrogens is 722 g/mol. The molecule has 0 aromatic rings. The van der Waals surface area contributed by atoms with Gasteiger partial charge < -0.3 is 50.2 Å². The van der Waals surface area contributed by atoms with Gasteiger partial charge in [-0.15, -0.1) is 0 Å². The lowest BCUT2D eigenvalue weighted by Crippen LogP contribution is -2.59. The van der Waals surface area contributed by atoms with Crippen LogP contribution in [0.15, 0.2) is 24.3 Å². The Hall–Kier alpha value is -2.23. The molecule has 2 fully saturated rings. The van der Waals surface area contributed by atoms with Crippen molar-refractivity contribution in [1.82, 2.24) is 5.32 Å². The largest absolute Gasteiger partial charge is 0.481 e. The zero-order valence-electron chi connectivity index (χ0n) is 34.4. The Bertz CT molecular complexity index is 1060. The Morgan fingerprint density at radius 3 is 1.91 bits per heavy atom. The smallest absolute Gasteiger partial charge is 0.303 e. The summed E-state index contributed by atoms with van der Waals surface area (Å²) in [6, 6.07) is -0.793. The fraction of sp³-hybridized carbons (Fsp3) is 0.837. The number of epoxide rings is 1. The number of ether oxygens (including phenoxy) is 3. The van der Waals surface area contributed by atoms with Crippen LogP contribution in [0.5, 0.6) is 0 Å². The van der Waals surface area contributed by atoms with Crippen LogP contribution in [0.3, 0.4) is 0 Å². The molecule has 7 N–H and O–H groups in total. The van der Waals surface area contributed by atoms with Crippen molar-refractivity contribution in [2.24, 2.45) is 0 Å². The molecule has 2 aliphatic rings. The van der Waals surface area contributed by atoms with Crippen molar-refractivity contribution in [3.8, 4) is 0 Å². The van der Waals surface area contributed by atoms with E-state index in [1.54, 1.807) is 12.2 Å². The molecule has 326 valence electrons. The van der Waals surface area contributed by atoms with E-state index in [0.29, 0.717) is 18.9 Å². The minimum atomic E-state index is -1.55. The number of hydrogen-bond acceptors (Lipinski definition) is 11. The molecule has 0 saturated carbocycles. The first-order valence-electron chi connectivity index (χ1n) is 21.6. The maximum atomic E-state index is 11.6. The summed E-state index contributed by atoms with van der Waals surface area (Å²) >= 11 is 0. The van der Waals surface area contributed by atoms with Crippen LogP contribution < -0.4 is 5.32 Å². The molecule has 0 aromatic carbocycles. The Balaban J connectivity index is 0.000000614. The molecule has 1 amide bonds. The topological polar surface area (TPSA) is 216 Å². The summed E-state index contributed by atoms with van der Waals surface area (Å²) < 4.78 is 16.2. The van der Waals surface area contributed by atoms with Crippen molar-refractivity contribution in [1.29, 1.82) is 0 Å². The van der Waals surface area contributed by atoms with Crippen molar-refractivity contribution in [3.05, 3.63) is 24.3 Å². The first-order chi connectivity index (χ1) is 27.1. The number of amides is 1. The first-order valence-corrected chi connectivity index (χ1v) is 21.6. The third-order valence-electron chi connectivity index (χ3n) is 10.3. The molecule has 13 nitrogen and oxygen atoms in total. The zero-order valence-corrected chi connectivity index (χ0v) is 34.4. The van der Waals surface area contributed by atoms with Crippen molar-refractivity contribution in [2.75, 3.05) is 13.2 Å². The number of aliphatic carboxylic acids is 1. The summed E-state index contributed by atoms with van der Waals surface area (Å²) in [7, 11) is 0. The molecule has 2 rings (SSSR count). The van der Waals surface area contributed by atoms with Gasteiger partial charge in [-0.1, -0.05) is 129 Å². The van der Waals surface area contributed by atoms with E-state index in [1.165, 1.54) is 57.8 Å². The lowest BCUT2D eigenvalue weighted by atomic mass is 9.99. The molecule has 0 unspecified atom stereocenters. The van der Waals surface area contributed by atoms with Gasteiger partial charge in [0, 0.05) is 12.8 Å². The number of hydrogen-bond donors (Lipinski definition) is 7. The van der Waals surface area contributed by atoms with Crippen molar-refractivity contribution in [3.63, 3.8) is 0 Å². The maximum Gasteiger partial charge on any atom is 0.303 e. The molecular formula is C43H77NO12. The summed E-state index contributed by atoms with van der Waals surface area (Å²) in [6.45, 7) is 3.60. The van der Waals surface area contributed by atoms with Gasteiger partial charge in [0.1, 0.15) is 30.5 Å². The van der Waals surface area contributed by atoms with Crippen molar-refractivity contribution in [2.45, 2.75) is 217 Å². The van der Waals surface area contributed by atoms with E-state index in [4.69, 9.17) is 19.3 Å². The van der Waals surface area contributed by atoms with Crippen LogP contribution in [-0.2, 0) is 28.6 Å². The lowest BCUT2D eigenvalue weighted by molar-refractivity contribution is -0.302. The highest BCUT2D eigenvalue weighted by atomic mass is 16.7. The summed E-state index contributed by atoms with van der Waals surface area (Å²) in [5.74, 6) is -0.494. The highest BCUT2D eigenvalue weighted by Crippen LogP contribution is 2.29. The fourth-order valence-electron chi connectivity index (χ4n) is 6.58. The third kappa shape index (κ3) is 25.2. The van der Waals surface area contributed by atoms with Crippen molar-refractivity contribution >= 4 is 18.2 Å². The molecule has 0 aromatic heterocycles. The number of carboxylic acid groups (broad SMARTS) is 1. The molecule has 0 bridgehead atoms. The predicted octanol–water partition coefficient (Wildman–Crippen LogP) is 5.81. The lowest BCUT2D eigenvalue weighted by Gasteiger charge is -2.40. The summed E-state index contributed by atoms with van der Waals surface area (Å²) in [5.41, 5.74) is 0. The molecule has 9 atom stereocenters. The second-order valence-corrected chi connectivity index (χ2v) is 15.3. The zero-order chi connectivity index (χ0) is 41.4. The minimum absolute atomic E-state index is 0.141. The monoisotopic (exact) mass is 800 g/mol. The molecule has 56 heavy (non-hydrogen) atoms. The van der Waals surface area contributed by atoms with E-state index in [0.717, 1.165) is 77.0 Å². The fourth-order valence-corrected chi connectivity index (χ4v) is 6.58. The number of carboxylic acids is 1. The van der Waals surface area contributed by atoms with E-state index < -0.39 is 55.4 Å². The Kier molecular flexibility index (Phi) is 31.2. The second-order valence-electron chi connectivity index (χ2n) is 15.3. The van der Waals surface area contributed by atoms with E-state index in [1.807, 2.05) is 12.2 Å². The summed E-state index contributed by atoms with van der Waals surface area (Å²) in [5, 5.41) is 60.3. The van der Waals surface area contributed by atoms with Gasteiger partial charge in [0.25, 0.3) is 0 Å². The van der Waals surface area contributed by atoms with Crippen LogP contribution in [-0.4, -0.2) is 117 Å². The van der Waals surface area contributed by atoms with Gasteiger partial charge >= 0.3 is 5.97 Å². The summed E-state index contributed by atoms with van der Waals surface area (Å²) in [4.78, 5) is 32.9. The van der Waals surface area contributed by atoms with Crippen LogP contribution in [0.4, 0.5) is 0 Å². The SMILES string of the molecule is CCCCCC(=O)/C=C/[C@H]1O[C@@H]1CCCCCCCC(=O)O.CCCCCCCCCCCCC/C=C/[C@@H](O)[C@H](CO[C@@H]1O[C@H](CO)[C@@H](O)[C@H](O)[C@H]1O)NC=O. The van der Waals surface area contributed by atoms with E-state index in [-0.39, 0.29) is 24.9 Å². The van der Waals surface area contributed by atoms with Gasteiger partial charge in [-0.25, -0.2) is 0 Å². The molecule has 2 heterocycles. The summed E-state index contributed by atoms with van der Waals surface area (Å²) in [6.07, 6.45) is 25.1. The maximum absolute atomic E-state index is 11.6. The van der Waals surface area contributed by atoms with Gasteiger partial charge in [0.05, 0.1) is 31.5 Å². The van der Waals surface area contributed by atoms with Crippen LogP contribution in [0.1, 0.15) is 162 Å². The van der Waals surface area contributed by atoms with E-state index in [2.05, 4.69) is 19.2 Å². The number of ketones is 1. The van der Waals surface area contributed by atoms with Crippen LogP contribution in [0.2, 0.25) is 0 Å². The molecule has 0 radical (unpaired) electrons. The number of carbonyl (C=O) groups is 3. The molecule has 0 spiro atoms. The number of aliphatic hydroxyl groups excluding tert-OH is 5.